The number of rotatable bonds is 4. The van der Waals surface area contributed by atoms with Gasteiger partial charge in [0.05, 0.1) is 0 Å². The summed E-state index contributed by atoms with van der Waals surface area (Å²) in [5, 5.41) is 3.73. The summed E-state index contributed by atoms with van der Waals surface area (Å²) in [6, 6.07) is 10.8. The van der Waals surface area contributed by atoms with Gasteiger partial charge in [0.25, 0.3) is 0 Å². The number of piperazine rings is 1. The van der Waals surface area contributed by atoms with Crippen LogP contribution in [0.4, 0.5) is 0 Å². The molecule has 1 fully saturated rings. The molecule has 2 rings (SSSR count). The number of hydrogen-bond acceptors (Lipinski definition) is 2. The zero-order chi connectivity index (χ0) is 13.9. The van der Waals surface area contributed by atoms with Gasteiger partial charge in [-0.05, 0) is 52.6 Å². The first kappa shape index (κ1) is 14.5. The van der Waals surface area contributed by atoms with Gasteiger partial charge in [-0.1, -0.05) is 30.3 Å². The number of benzene rings is 1. The largest absolute Gasteiger partial charge is 0.304 e. The number of nitrogens with zero attached hydrogens (tertiary/aromatic N) is 1. The predicted octanol–water partition coefficient (Wildman–Crippen LogP) is 3.08. The van der Waals surface area contributed by atoms with Crippen LogP contribution in [0.1, 0.15) is 39.7 Å². The predicted molar refractivity (Wildman–Crippen MR) is 82.5 cm³/mol. The van der Waals surface area contributed by atoms with E-state index in [0.29, 0.717) is 0 Å². The molecule has 1 saturated heterocycles. The van der Waals surface area contributed by atoms with Gasteiger partial charge in [-0.2, -0.15) is 0 Å². The second kappa shape index (κ2) is 5.64. The first-order chi connectivity index (χ1) is 8.86. The van der Waals surface area contributed by atoms with Crippen LogP contribution < -0.4 is 5.32 Å². The van der Waals surface area contributed by atoms with Gasteiger partial charge in [0.15, 0.2) is 0 Å². The zero-order valence-corrected chi connectivity index (χ0v) is 12.9. The highest BCUT2D eigenvalue weighted by Gasteiger charge is 2.35. The lowest BCUT2D eigenvalue weighted by atomic mass is 9.91. The Kier molecular flexibility index (Phi) is 4.32. The minimum Gasteiger partial charge on any atom is -0.304 e. The van der Waals surface area contributed by atoms with E-state index in [1.165, 1.54) is 24.9 Å². The summed E-state index contributed by atoms with van der Waals surface area (Å²) in [5.74, 6) is 0. The van der Waals surface area contributed by atoms with Gasteiger partial charge in [-0.25, -0.2) is 0 Å². The van der Waals surface area contributed by atoms with Crippen LogP contribution in [-0.2, 0) is 6.42 Å². The van der Waals surface area contributed by atoms with Crippen LogP contribution >= 0.6 is 0 Å². The van der Waals surface area contributed by atoms with E-state index in [4.69, 9.17) is 0 Å². The third-order valence-electron chi connectivity index (χ3n) is 3.70. The first-order valence-corrected chi connectivity index (χ1v) is 7.42. The molecule has 19 heavy (non-hydrogen) atoms. The lowest BCUT2D eigenvalue weighted by Crippen LogP contribution is -2.66. The molecule has 1 aromatic rings. The van der Waals surface area contributed by atoms with Crippen LogP contribution in [0, 0.1) is 0 Å². The molecule has 0 aromatic heterocycles. The van der Waals surface area contributed by atoms with E-state index in [-0.39, 0.29) is 11.1 Å². The molecule has 1 heterocycles. The van der Waals surface area contributed by atoms with Crippen molar-refractivity contribution in [1.82, 2.24) is 10.2 Å². The van der Waals surface area contributed by atoms with Gasteiger partial charge in [0.1, 0.15) is 0 Å². The van der Waals surface area contributed by atoms with Crippen molar-refractivity contribution in [3.05, 3.63) is 35.9 Å². The lowest BCUT2D eigenvalue weighted by molar-refractivity contribution is 0.0775. The van der Waals surface area contributed by atoms with Crippen molar-refractivity contribution >= 4 is 0 Å². The Labute approximate surface area is 118 Å². The smallest absolute Gasteiger partial charge is 0.0257 e. The van der Waals surface area contributed by atoms with Gasteiger partial charge < -0.3 is 5.32 Å². The maximum Gasteiger partial charge on any atom is 0.0257 e. The Morgan fingerprint density at radius 3 is 2.16 bits per heavy atom. The zero-order valence-electron chi connectivity index (χ0n) is 12.9. The quantitative estimate of drug-likeness (QED) is 0.895. The maximum atomic E-state index is 3.73. The molecule has 0 aliphatic carbocycles. The summed E-state index contributed by atoms with van der Waals surface area (Å²) < 4.78 is 0. The van der Waals surface area contributed by atoms with Crippen LogP contribution in [0.15, 0.2) is 30.3 Å². The summed E-state index contributed by atoms with van der Waals surface area (Å²) in [5.41, 5.74) is 1.89. The average molecular weight is 260 g/mol. The van der Waals surface area contributed by atoms with Gasteiger partial charge in [-0.15, -0.1) is 0 Å². The van der Waals surface area contributed by atoms with E-state index in [1.807, 2.05) is 0 Å². The fourth-order valence-electron chi connectivity index (χ4n) is 3.48. The van der Waals surface area contributed by atoms with Crippen molar-refractivity contribution in [2.24, 2.45) is 0 Å². The first-order valence-electron chi connectivity index (χ1n) is 7.42. The van der Waals surface area contributed by atoms with Crippen LogP contribution in [0.3, 0.4) is 0 Å². The van der Waals surface area contributed by atoms with Crippen molar-refractivity contribution < 1.29 is 0 Å². The van der Waals surface area contributed by atoms with E-state index in [9.17, 15) is 0 Å². The van der Waals surface area contributed by atoms with E-state index in [1.54, 1.807) is 0 Å². The molecule has 1 N–H and O–H groups in total. The highest BCUT2D eigenvalue weighted by Crippen LogP contribution is 2.21. The minimum atomic E-state index is 0.217. The van der Waals surface area contributed by atoms with Crippen LogP contribution in [0.25, 0.3) is 0 Å². The molecule has 106 valence electrons. The van der Waals surface area contributed by atoms with Crippen molar-refractivity contribution in [3.8, 4) is 0 Å². The molecule has 0 saturated carbocycles. The maximum absolute atomic E-state index is 3.73. The summed E-state index contributed by atoms with van der Waals surface area (Å²) in [6.45, 7) is 12.7. The Bertz CT molecular complexity index is 379. The Balaban J connectivity index is 1.82. The monoisotopic (exact) mass is 260 g/mol. The molecule has 1 aliphatic heterocycles. The SMILES string of the molecule is CC1(C)CN(CCCc2ccccc2)CC(C)(C)N1. The second-order valence-electron chi connectivity index (χ2n) is 7.19. The molecule has 2 nitrogen and oxygen atoms in total. The Morgan fingerprint density at radius 1 is 1.00 bits per heavy atom. The average Bonchev–Trinajstić information content (AvgIpc) is 2.26. The highest BCUT2D eigenvalue weighted by atomic mass is 15.3. The molecule has 0 atom stereocenters. The van der Waals surface area contributed by atoms with E-state index >= 15 is 0 Å². The third kappa shape index (κ3) is 4.63. The lowest BCUT2D eigenvalue weighted by Gasteiger charge is -2.48. The number of nitrogens with one attached hydrogen (secondary N) is 1. The summed E-state index contributed by atoms with van der Waals surface area (Å²) in [7, 11) is 0. The number of aryl methyl sites for hydroxylation is 1. The van der Waals surface area contributed by atoms with E-state index in [0.717, 1.165) is 13.1 Å². The Morgan fingerprint density at radius 2 is 1.58 bits per heavy atom. The van der Waals surface area contributed by atoms with Gasteiger partial charge in [-0.3, -0.25) is 4.90 Å². The van der Waals surface area contributed by atoms with Crippen molar-refractivity contribution in [2.45, 2.75) is 51.6 Å². The van der Waals surface area contributed by atoms with E-state index in [2.05, 4.69) is 68.2 Å². The fraction of sp³-hybridized carbons (Fsp3) is 0.647. The molecule has 0 radical (unpaired) electrons. The standard InChI is InChI=1S/C17H28N2/c1-16(2)13-19(14-17(3,4)18-16)12-8-11-15-9-6-5-7-10-15/h5-7,9-10,18H,8,11-14H2,1-4H3. The topological polar surface area (TPSA) is 15.3 Å². The van der Waals surface area contributed by atoms with E-state index < -0.39 is 0 Å². The summed E-state index contributed by atoms with van der Waals surface area (Å²) in [4.78, 5) is 2.61. The molecule has 1 aliphatic rings. The van der Waals surface area contributed by atoms with Crippen LogP contribution in [0.2, 0.25) is 0 Å². The molecule has 0 amide bonds. The van der Waals surface area contributed by atoms with Gasteiger partial charge in [0.2, 0.25) is 0 Å². The van der Waals surface area contributed by atoms with Crippen molar-refractivity contribution in [3.63, 3.8) is 0 Å². The van der Waals surface area contributed by atoms with Crippen LogP contribution in [0.5, 0.6) is 0 Å². The van der Waals surface area contributed by atoms with Crippen LogP contribution in [-0.4, -0.2) is 35.6 Å². The molecule has 1 aromatic carbocycles. The minimum absolute atomic E-state index is 0.217. The van der Waals surface area contributed by atoms with Crippen molar-refractivity contribution in [1.29, 1.82) is 0 Å². The fourth-order valence-corrected chi connectivity index (χ4v) is 3.48. The second-order valence-corrected chi connectivity index (χ2v) is 7.19. The summed E-state index contributed by atoms with van der Waals surface area (Å²) >= 11 is 0. The molecule has 0 spiro atoms. The molecular weight excluding hydrogens is 232 g/mol. The Hall–Kier alpha value is -0.860. The van der Waals surface area contributed by atoms with Gasteiger partial charge in [0, 0.05) is 24.2 Å². The third-order valence-corrected chi connectivity index (χ3v) is 3.70. The molecular formula is C17H28N2. The number of hydrogen-bond donors (Lipinski definition) is 1. The molecule has 0 unspecified atom stereocenters. The van der Waals surface area contributed by atoms with Crippen molar-refractivity contribution in [2.75, 3.05) is 19.6 Å². The van der Waals surface area contributed by atoms with Gasteiger partial charge >= 0.3 is 0 Å². The molecule has 0 bridgehead atoms. The molecule has 2 heteroatoms. The summed E-state index contributed by atoms with van der Waals surface area (Å²) in [6.07, 6.45) is 2.43. The normalized spacial score (nSPS) is 22.3. The highest BCUT2D eigenvalue weighted by molar-refractivity contribution is 5.14.